The Morgan fingerprint density at radius 3 is 2.50 bits per heavy atom. The van der Waals surface area contributed by atoms with Crippen LogP contribution in [0.4, 0.5) is 9.59 Å². The van der Waals surface area contributed by atoms with E-state index in [1.54, 1.807) is 0 Å². The molecular formula is C10H13N3O7S2. The predicted molar refractivity (Wildman–Crippen MR) is 76.7 cm³/mol. The molecule has 1 aromatic heterocycles. The number of nitrogens with zero attached hydrogens (tertiary/aromatic N) is 1. The molecule has 0 saturated carbocycles. The van der Waals surface area contributed by atoms with Crippen LogP contribution in [0.2, 0.25) is 0 Å². The van der Waals surface area contributed by atoms with E-state index >= 15 is 0 Å². The molecule has 22 heavy (non-hydrogen) atoms. The van der Waals surface area contributed by atoms with Crippen LogP contribution in [0.1, 0.15) is 11.3 Å². The largest absolute Gasteiger partial charge is 0.445 e. The van der Waals surface area contributed by atoms with Crippen molar-refractivity contribution in [1.29, 1.82) is 0 Å². The topological polar surface area (TPSA) is 153 Å². The van der Waals surface area contributed by atoms with E-state index in [0.717, 1.165) is 13.3 Å². The Morgan fingerprint density at radius 2 is 2.00 bits per heavy atom. The van der Waals surface area contributed by atoms with E-state index in [9.17, 15) is 13.8 Å². The highest BCUT2D eigenvalue weighted by Crippen LogP contribution is 2.32. The first-order valence-corrected chi connectivity index (χ1v) is 7.87. The molecule has 1 aromatic rings. The Labute approximate surface area is 130 Å². The van der Waals surface area contributed by atoms with Crippen molar-refractivity contribution in [3.05, 3.63) is 17.5 Å². The number of ether oxygens (including phenoxy) is 2. The molecule has 0 aliphatic heterocycles. The summed E-state index contributed by atoms with van der Waals surface area (Å²) in [5.41, 5.74) is 10.1. The SMILES string of the molecule is COS(=O)(=S)Oc1cnc(C)c(OC(N)=O)c1COC(N)=O. The van der Waals surface area contributed by atoms with Gasteiger partial charge in [0.2, 0.25) is 0 Å². The van der Waals surface area contributed by atoms with Crippen molar-refractivity contribution in [2.24, 2.45) is 11.5 Å². The minimum Gasteiger partial charge on any atom is -0.445 e. The molecule has 0 bridgehead atoms. The molecule has 1 atom stereocenters. The molecule has 0 spiro atoms. The van der Waals surface area contributed by atoms with Crippen LogP contribution < -0.4 is 20.4 Å². The summed E-state index contributed by atoms with van der Waals surface area (Å²) in [5.74, 6) is -0.308. The number of aryl methyl sites for hydroxylation is 1. The second-order valence-corrected chi connectivity index (χ2v) is 6.24. The fraction of sp³-hybridized carbons (Fsp3) is 0.300. The molecule has 2 amide bonds. The molecule has 10 nitrogen and oxygen atoms in total. The number of carbonyl (C=O) groups is 2. The third kappa shape index (κ3) is 4.98. The maximum absolute atomic E-state index is 11.7. The fourth-order valence-corrected chi connectivity index (χ4v) is 2.01. The highest BCUT2D eigenvalue weighted by molar-refractivity contribution is 8.27. The van der Waals surface area contributed by atoms with Gasteiger partial charge in [0.1, 0.15) is 6.61 Å². The standard InChI is InChI=1S/C10H13N3O7S2/c1-5-8(19-10(12)15)6(4-18-9(11)14)7(3-13-5)20-22(16,21)17-2/h3H,4H2,1-2H3,(H2,11,14)(H2,12,15). The first kappa shape index (κ1) is 17.9. The Hall–Kier alpha value is -2.18. The van der Waals surface area contributed by atoms with Gasteiger partial charge in [0.25, 0.3) is 0 Å². The van der Waals surface area contributed by atoms with E-state index in [1.165, 1.54) is 6.92 Å². The van der Waals surface area contributed by atoms with Gasteiger partial charge >= 0.3 is 21.2 Å². The third-order valence-corrected chi connectivity index (χ3v) is 3.64. The van der Waals surface area contributed by atoms with Gasteiger partial charge in [0.15, 0.2) is 11.5 Å². The number of primary amides is 2. The molecule has 1 rings (SSSR count). The highest BCUT2D eigenvalue weighted by atomic mass is 32.9. The summed E-state index contributed by atoms with van der Waals surface area (Å²) in [6, 6.07) is 0. The van der Waals surface area contributed by atoms with Crippen LogP contribution in [-0.4, -0.2) is 28.5 Å². The second kappa shape index (κ2) is 7.20. The van der Waals surface area contributed by atoms with E-state index in [4.69, 9.17) is 20.4 Å². The number of pyridine rings is 1. The molecule has 0 aromatic carbocycles. The molecule has 0 saturated heterocycles. The summed E-state index contributed by atoms with van der Waals surface area (Å²) in [6.07, 6.45) is -1.07. The number of amides is 2. The van der Waals surface area contributed by atoms with Crippen molar-refractivity contribution >= 4 is 32.4 Å². The highest BCUT2D eigenvalue weighted by Gasteiger charge is 2.21. The molecule has 122 valence electrons. The van der Waals surface area contributed by atoms with Gasteiger partial charge in [0, 0.05) is 0 Å². The van der Waals surface area contributed by atoms with Crippen LogP contribution in [0, 0.1) is 6.92 Å². The first-order valence-electron chi connectivity index (χ1n) is 5.54. The van der Waals surface area contributed by atoms with Gasteiger partial charge in [-0.1, -0.05) is 0 Å². The Balaban J connectivity index is 3.35. The average Bonchev–Trinajstić information content (AvgIpc) is 2.40. The van der Waals surface area contributed by atoms with Crippen LogP contribution in [-0.2, 0) is 35.8 Å². The minimum absolute atomic E-state index is 0.0136. The van der Waals surface area contributed by atoms with Crippen LogP contribution in [0.5, 0.6) is 11.5 Å². The Bertz CT molecular complexity index is 690. The average molecular weight is 351 g/mol. The van der Waals surface area contributed by atoms with Crippen molar-refractivity contribution in [2.45, 2.75) is 13.5 Å². The summed E-state index contributed by atoms with van der Waals surface area (Å²) < 4.78 is 30.6. The number of hydrogen-bond acceptors (Lipinski definition) is 9. The Morgan fingerprint density at radius 1 is 1.36 bits per heavy atom. The minimum atomic E-state index is -3.54. The molecule has 1 unspecified atom stereocenters. The smallest absolute Gasteiger partial charge is 0.410 e. The van der Waals surface area contributed by atoms with E-state index in [0.29, 0.717) is 0 Å². The van der Waals surface area contributed by atoms with Crippen molar-refractivity contribution in [3.63, 3.8) is 0 Å². The lowest BCUT2D eigenvalue weighted by molar-refractivity contribution is 0.148. The normalized spacial score (nSPS) is 13.0. The first-order chi connectivity index (χ1) is 10.2. The van der Waals surface area contributed by atoms with Gasteiger partial charge in [-0.3, -0.25) is 9.17 Å². The lowest BCUT2D eigenvalue weighted by Gasteiger charge is -2.15. The summed E-state index contributed by atoms with van der Waals surface area (Å²) in [4.78, 5) is 25.6. The number of carbonyl (C=O) groups excluding carboxylic acids is 2. The van der Waals surface area contributed by atoms with Gasteiger partial charge in [-0.15, -0.1) is 0 Å². The lowest BCUT2D eigenvalue weighted by Crippen LogP contribution is -2.20. The quantitative estimate of drug-likeness (QED) is 0.723. The van der Waals surface area contributed by atoms with Crippen LogP contribution in [0.15, 0.2) is 6.20 Å². The van der Waals surface area contributed by atoms with Gasteiger partial charge < -0.3 is 25.1 Å². The fourth-order valence-electron chi connectivity index (χ4n) is 1.35. The summed E-state index contributed by atoms with van der Waals surface area (Å²) in [5, 5.41) is 0. The van der Waals surface area contributed by atoms with Crippen LogP contribution in [0.3, 0.4) is 0 Å². The molecule has 0 aliphatic carbocycles. The molecule has 0 fully saturated rings. The van der Waals surface area contributed by atoms with Crippen molar-refractivity contribution in [2.75, 3.05) is 7.11 Å². The molecule has 0 aliphatic rings. The van der Waals surface area contributed by atoms with Gasteiger partial charge in [-0.05, 0) is 6.92 Å². The lowest BCUT2D eigenvalue weighted by atomic mass is 10.2. The molecular weight excluding hydrogens is 338 g/mol. The Kier molecular flexibility index (Phi) is 5.84. The zero-order valence-electron chi connectivity index (χ0n) is 11.6. The summed E-state index contributed by atoms with van der Waals surface area (Å²) in [6.45, 7) is 1.04. The number of rotatable bonds is 6. The maximum atomic E-state index is 11.7. The van der Waals surface area contributed by atoms with Crippen LogP contribution in [0.25, 0.3) is 0 Å². The maximum Gasteiger partial charge on any atom is 0.410 e. The van der Waals surface area contributed by atoms with Crippen molar-refractivity contribution in [1.82, 2.24) is 4.98 Å². The summed E-state index contributed by atoms with van der Waals surface area (Å²) >= 11 is 4.58. The summed E-state index contributed by atoms with van der Waals surface area (Å²) in [7, 11) is -2.46. The second-order valence-electron chi connectivity index (χ2n) is 3.70. The molecule has 4 N–H and O–H groups in total. The molecule has 1 heterocycles. The zero-order chi connectivity index (χ0) is 16.9. The van der Waals surface area contributed by atoms with Crippen LogP contribution >= 0.6 is 0 Å². The van der Waals surface area contributed by atoms with Gasteiger partial charge in [-0.25, -0.2) is 9.59 Å². The monoisotopic (exact) mass is 351 g/mol. The molecule has 0 radical (unpaired) electrons. The number of hydrogen-bond donors (Lipinski definition) is 2. The van der Waals surface area contributed by atoms with Crippen molar-refractivity contribution < 1.29 is 31.6 Å². The molecule has 12 heteroatoms. The zero-order valence-corrected chi connectivity index (χ0v) is 13.2. The van der Waals surface area contributed by atoms with E-state index < -0.39 is 27.8 Å². The van der Waals surface area contributed by atoms with E-state index in [1.807, 2.05) is 0 Å². The number of aromatic nitrogens is 1. The van der Waals surface area contributed by atoms with E-state index in [-0.39, 0.29) is 22.8 Å². The van der Waals surface area contributed by atoms with Gasteiger partial charge in [-0.2, -0.15) is 4.21 Å². The van der Waals surface area contributed by atoms with E-state index in [2.05, 4.69) is 25.1 Å². The third-order valence-electron chi connectivity index (χ3n) is 2.23. The van der Waals surface area contributed by atoms with Crippen molar-refractivity contribution in [3.8, 4) is 11.5 Å². The van der Waals surface area contributed by atoms with Gasteiger partial charge in [0.05, 0.1) is 35.8 Å². The number of nitrogens with two attached hydrogens (primary N) is 2. The predicted octanol–water partition coefficient (Wildman–Crippen LogP) is 0.0443.